The van der Waals surface area contributed by atoms with Crippen LogP contribution in [0.25, 0.3) is 0 Å². The molecule has 2 nitrogen and oxygen atoms in total. The van der Waals surface area contributed by atoms with Crippen LogP contribution >= 0.6 is 0 Å². The van der Waals surface area contributed by atoms with Crippen molar-refractivity contribution in [1.82, 2.24) is 10.2 Å². The van der Waals surface area contributed by atoms with Gasteiger partial charge in [-0.1, -0.05) is 13.8 Å². The van der Waals surface area contributed by atoms with E-state index in [1.165, 1.54) is 45.3 Å². The summed E-state index contributed by atoms with van der Waals surface area (Å²) in [4.78, 5) is 2.72. The Kier molecular flexibility index (Phi) is 3.45. The van der Waals surface area contributed by atoms with Crippen molar-refractivity contribution in [3.05, 3.63) is 0 Å². The highest BCUT2D eigenvalue weighted by molar-refractivity contribution is 4.86. The van der Waals surface area contributed by atoms with Crippen LogP contribution in [0.2, 0.25) is 0 Å². The third kappa shape index (κ3) is 2.29. The molecule has 2 atom stereocenters. The number of nitrogens with one attached hydrogen (secondary N) is 1. The lowest BCUT2D eigenvalue weighted by atomic mass is 10.0. The van der Waals surface area contributed by atoms with Crippen molar-refractivity contribution in [3.8, 4) is 0 Å². The second-order valence-electron chi connectivity index (χ2n) is 5.24. The molecule has 14 heavy (non-hydrogen) atoms. The summed E-state index contributed by atoms with van der Waals surface area (Å²) < 4.78 is 0. The SMILES string of the molecule is CC(C)C1CCCN1CC1CCCN1. The van der Waals surface area contributed by atoms with E-state index in [9.17, 15) is 0 Å². The molecule has 0 radical (unpaired) electrons. The molecule has 2 rings (SSSR count). The van der Waals surface area contributed by atoms with Crippen molar-refractivity contribution in [1.29, 1.82) is 0 Å². The summed E-state index contributed by atoms with van der Waals surface area (Å²) in [5, 5.41) is 3.60. The molecular formula is C12H24N2. The molecular weight excluding hydrogens is 172 g/mol. The van der Waals surface area contributed by atoms with E-state index in [2.05, 4.69) is 24.1 Å². The van der Waals surface area contributed by atoms with Crippen LogP contribution < -0.4 is 5.32 Å². The van der Waals surface area contributed by atoms with Gasteiger partial charge in [0.2, 0.25) is 0 Å². The van der Waals surface area contributed by atoms with Gasteiger partial charge in [0.15, 0.2) is 0 Å². The smallest absolute Gasteiger partial charge is 0.0195 e. The zero-order chi connectivity index (χ0) is 9.97. The van der Waals surface area contributed by atoms with Gasteiger partial charge in [0.05, 0.1) is 0 Å². The molecule has 0 aromatic carbocycles. The lowest BCUT2D eigenvalue weighted by Gasteiger charge is -2.29. The summed E-state index contributed by atoms with van der Waals surface area (Å²) >= 11 is 0. The normalized spacial score (nSPS) is 34.5. The highest BCUT2D eigenvalue weighted by Crippen LogP contribution is 2.24. The first-order chi connectivity index (χ1) is 6.77. The fraction of sp³-hybridized carbons (Fsp3) is 1.00. The Morgan fingerprint density at radius 2 is 2.14 bits per heavy atom. The van der Waals surface area contributed by atoms with E-state index in [1.807, 2.05) is 0 Å². The molecule has 2 heterocycles. The average molecular weight is 196 g/mol. The molecule has 0 bridgehead atoms. The fourth-order valence-electron chi connectivity index (χ4n) is 3.03. The van der Waals surface area contributed by atoms with E-state index in [-0.39, 0.29) is 0 Å². The predicted octanol–water partition coefficient (Wildman–Crippen LogP) is 1.86. The second-order valence-corrected chi connectivity index (χ2v) is 5.24. The number of hydrogen-bond acceptors (Lipinski definition) is 2. The van der Waals surface area contributed by atoms with Crippen LogP contribution in [-0.4, -0.2) is 36.6 Å². The first-order valence-corrected chi connectivity index (χ1v) is 6.25. The van der Waals surface area contributed by atoms with Gasteiger partial charge in [-0.05, 0) is 44.7 Å². The Balaban J connectivity index is 1.83. The third-order valence-corrected chi connectivity index (χ3v) is 3.80. The highest BCUT2D eigenvalue weighted by atomic mass is 15.2. The summed E-state index contributed by atoms with van der Waals surface area (Å²) in [5.41, 5.74) is 0. The first-order valence-electron chi connectivity index (χ1n) is 6.25. The molecule has 82 valence electrons. The van der Waals surface area contributed by atoms with E-state index in [0.717, 1.165) is 18.0 Å². The molecule has 0 amide bonds. The summed E-state index contributed by atoms with van der Waals surface area (Å²) in [6.45, 7) is 8.60. The van der Waals surface area contributed by atoms with Gasteiger partial charge in [0.1, 0.15) is 0 Å². The van der Waals surface area contributed by atoms with Crippen molar-refractivity contribution >= 4 is 0 Å². The van der Waals surface area contributed by atoms with Gasteiger partial charge in [-0.15, -0.1) is 0 Å². The number of nitrogens with zero attached hydrogens (tertiary/aromatic N) is 1. The summed E-state index contributed by atoms with van der Waals surface area (Å²) in [6, 6.07) is 1.65. The average Bonchev–Trinajstić information content (AvgIpc) is 2.75. The Bertz CT molecular complexity index is 173. The Morgan fingerprint density at radius 1 is 1.29 bits per heavy atom. The second kappa shape index (κ2) is 4.63. The molecule has 2 fully saturated rings. The van der Waals surface area contributed by atoms with Crippen LogP contribution in [0.3, 0.4) is 0 Å². The van der Waals surface area contributed by atoms with Gasteiger partial charge in [-0.25, -0.2) is 0 Å². The van der Waals surface area contributed by atoms with Gasteiger partial charge >= 0.3 is 0 Å². The van der Waals surface area contributed by atoms with Crippen LogP contribution in [-0.2, 0) is 0 Å². The molecule has 0 aliphatic carbocycles. The minimum Gasteiger partial charge on any atom is -0.313 e. The molecule has 2 aliphatic heterocycles. The van der Waals surface area contributed by atoms with Gasteiger partial charge in [0, 0.05) is 18.6 Å². The molecule has 0 saturated carbocycles. The fourth-order valence-corrected chi connectivity index (χ4v) is 3.03. The number of rotatable bonds is 3. The monoisotopic (exact) mass is 196 g/mol. The Hall–Kier alpha value is -0.0800. The standard InChI is InChI=1S/C12H24N2/c1-10(2)12-6-4-8-14(12)9-11-5-3-7-13-11/h10-13H,3-9H2,1-2H3. The molecule has 0 aromatic rings. The van der Waals surface area contributed by atoms with Gasteiger partial charge in [-0.2, -0.15) is 0 Å². The van der Waals surface area contributed by atoms with Crippen LogP contribution in [0.1, 0.15) is 39.5 Å². The maximum absolute atomic E-state index is 3.60. The van der Waals surface area contributed by atoms with E-state index in [4.69, 9.17) is 0 Å². The summed E-state index contributed by atoms with van der Waals surface area (Å²) in [6.07, 6.45) is 5.60. The number of likely N-dealkylation sites (tertiary alicyclic amines) is 1. The van der Waals surface area contributed by atoms with E-state index in [1.54, 1.807) is 0 Å². The minimum absolute atomic E-state index is 0.786. The van der Waals surface area contributed by atoms with Crippen LogP contribution in [0.5, 0.6) is 0 Å². The molecule has 2 unspecified atom stereocenters. The van der Waals surface area contributed by atoms with Gasteiger partial charge < -0.3 is 5.32 Å². The highest BCUT2D eigenvalue weighted by Gasteiger charge is 2.29. The lowest BCUT2D eigenvalue weighted by Crippen LogP contribution is -2.42. The van der Waals surface area contributed by atoms with Gasteiger partial charge in [-0.3, -0.25) is 4.90 Å². The van der Waals surface area contributed by atoms with Crippen LogP contribution in [0.15, 0.2) is 0 Å². The van der Waals surface area contributed by atoms with Crippen molar-refractivity contribution in [2.75, 3.05) is 19.6 Å². The zero-order valence-electron chi connectivity index (χ0n) is 9.63. The van der Waals surface area contributed by atoms with E-state index in [0.29, 0.717) is 0 Å². The molecule has 2 heteroatoms. The molecule has 2 aliphatic rings. The maximum Gasteiger partial charge on any atom is 0.0195 e. The van der Waals surface area contributed by atoms with Crippen molar-refractivity contribution in [2.45, 2.75) is 51.6 Å². The molecule has 0 spiro atoms. The lowest BCUT2D eigenvalue weighted by molar-refractivity contribution is 0.191. The van der Waals surface area contributed by atoms with Crippen LogP contribution in [0, 0.1) is 5.92 Å². The van der Waals surface area contributed by atoms with Crippen molar-refractivity contribution < 1.29 is 0 Å². The van der Waals surface area contributed by atoms with Crippen molar-refractivity contribution in [2.24, 2.45) is 5.92 Å². The van der Waals surface area contributed by atoms with Crippen LogP contribution in [0.4, 0.5) is 0 Å². The third-order valence-electron chi connectivity index (χ3n) is 3.80. The molecule has 0 aromatic heterocycles. The quantitative estimate of drug-likeness (QED) is 0.741. The summed E-state index contributed by atoms with van der Waals surface area (Å²) in [5.74, 6) is 0.832. The van der Waals surface area contributed by atoms with E-state index >= 15 is 0 Å². The maximum atomic E-state index is 3.60. The molecule has 1 N–H and O–H groups in total. The number of hydrogen-bond donors (Lipinski definition) is 1. The Labute approximate surface area is 88.1 Å². The largest absolute Gasteiger partial charge is 0.313 e. The predicted molar refractivity (Wildman–Crippen MR) is 60.5 cm³/mol. The Morgan fingerprint density at radius 3 is 2.79 bits per heavy atom. The molecule has 2 saturated heterocycles. The summed E-state index contributed by atoms with van der Waals surface area (Å²) in [7, 11) is 0. The minimum atomic E-state index is 0.786. The van der Waals surface area contributed by atoms with E-state index < -0.39 is 0 Å². The van der Waals surface area contributed by atoms with Crippen molar-refractivity contribution in [3.63, 3.8) is 0 Å². The first kappa shape index (κ1) is 10.4. The van der Waals surface area contributed by atoms with Gasteiger partial charge in [0.25, 0.3) is 0 Å². The topological polar surface area (TPSA) is 15.3 Å². The zero-order valence-corrected chi connectivity index (χ0v) is 9.63.